The van der Waals surface area contributed by atoms with E-state index in [0.717, 1.165) is 41.2 Å². The Morgan fingerprint density at radius 1 is 1.07 bits per heavy atom. The topological polar surface area (TPSA) is 100.0 Å². The number of nitrogens with one attached hydrogen (secondary N) is 1. The summed E-state index contributed by atoms with van der Waals surface area (Å²) < 4.78 is 12.2. The van der Waals surface area contributed by atoms with E-state index in [4.69, 9.17) is 20.2 Å². The van der Waals surface area contributed by atoms with Gasteiger partial charge in [-0.1, -0.05) is 24.3 Å². The van der Waals surface area contributed by atoms with Gasteiger partial charge in [0.1, 0.15) is 17.4 Å². The van der Waals surface area contributed by atoms with E-state index in [2.05, 4.69) is 69.1 Å². The predicted octanol–water partition coefficient (Wildman–Crippen LogP) is 5.07. The number of nitrogens with zero attached hydrogens (tertiary/aromatic N) is 4. The first-order valence-corrected chi connectivity index (χ1v) is 16.0. The zero-order valence-corrected chi connectivity index (χ0v) is 25.0. The zero-order valence-electron chi connectivity index (χ0n) is 25.0. The van der Waals surface area contributed by atoms with Gasteiger partial charge in [-0.2, -0.15) is 4.98 Å². The number of hydrogen-bond donors (Lipinski definition) is 2. The van der Waals surface area contributed by atoms with E-state index in [1.54, 1.807) is 0 Å². The second kappa shape index (κ2) is 9.71. The minimum atomic E-state index is -0.443. The van der Waals surface area contributed by atoms with Crippen molar-refractivity contribution >= 4 is 34.0 Å². The van der Waals surface area contributed by atoms with Crippen molar-refractivity contribution in [3.8, 4) is 5.88 Å². The molecule has 226 valence electrons. The smallest absolute Gasteiger partial charge is 0.250 e. The molecule has 44 heavy (non-hydrogen) atoms. The molecule has 4 fully saturated rings. The van der Waals surface area contributed by atoms with Crippen LogP contribution in [0.3, 0.4) is 0 Å². The van der Waals surface area contributed by atoms with E-state index < -0.39 is 5.91 Å². The zero-order chi connectivity index (χ0) is 29.6. The van der Waals surface area contributed by atoms with Crippen LogP contribution in [0.2, 0.25) is 0 Å². The highest BCUT2D eigenvalue weighted by atomic mass is 16.6. The summed E-state index contributed by atoms with van der Waals surface area (Å²) in [5.74, 6) is 0.100. The number of fused-ring (bicyclic) bond motifs is 3. The Kier molecular flexibility index (Phi) is 5.81. The third kappa shape index (κ3) is 3.98. The number of anilines is 3. The maximum absolute atomic E-state index is 12.8. The number of carbonyl (C=O) groups excluding carboxylic acids is 1. The molecule has 9 rings (SSSR count). The fraction of sp³-hybridized carbons (Fsp3) is 0.429. The Morgan fingerprint density at radius 2 is 1.93 bits per heavy atom. The van der Waals surface area contributed by atoms with Crippen molar-refractivity contribution in [2.45, 2.75) is 56.8 Å². The molecule has 3 atom stereocenters. The lowest BCUT2D eigenvalue weighted by Gasteiger charge is -2.62. The van der Waals surface area contributed by atoms with Crippen molar-refractivity contribution in [1.82, 2.24) is 14.9 Å². The molecule has 1 aliphatic carbocycles. The van der Waals surface area contributed by atoms with Gasteiger partial charge in [-0.05, 0) is 80.6 Å². The SMILES string of the molecule is Cc1ccccc1[C@@H]1CCCN1C1CC2(C1)CN(c1ccc(C(N)=O)c(N3c4cc5cc[nH]c5nc4O[C@H]4COC[C@@H]43)c1)C2. The summed E-state index contributed by atoms with van der Waals surface area (Å²) in [6.45, 7) is 6.53. The highest BCUT2D eigenvalue weighted by Gasteiger charge is 2.55. The molecule has 1 amide bonds. The Morgan fingerprint density at radius 3 is 2.77 bits per heavy atom. The minimum absolute atomic E-state index is 0.0779. The summed E-state index contributed by atoms with van der Waals surface area (Å²) in [4.78, 5) is 28.2. The summed E-state index contributed by atoms with van der Waals surface area (Å²) in [5.41, 5.74) is 13.3. The van der Waals surface area contributed by atoms with Crippen molar-refractivity contribution in [3.05, 3.63) is 77.5 Å². The first kappa shape index (κ1) is 26.3. The minimum Gasteiger partial charge on any atom is -0.468 e. The van der Waals surface area contributed by atoms with Crippen LogP contribution in [0.1, 0.15) is 53.2 Å². The van der Waals surface area contributed by atoms with Crippen molar-refractivity contribution < 1.29 is 14.3 Å². The van der Waals surface area contributed by atoms with Crippen LogP contribution in [0.5, 0.6) is 5.88 Å². The van der Waals surface area contributed by atoms with Crippen molar-refractivity contribution in [2.75, 3.05) is 42.6 Å². The number of pyridine rings is 1. The molecule has 4 aromatic rings. The number of likely N-dealkylation sites (tertiary alicyclic amines) is 1. The molecule has 9 heteroatoms. The van der Waals surface area contributed by atoms with Gasteiger partial charge in [0.15, 0.2) is 0 Å². The molecule has 3 saturated heterocycles. The standard InChI is InChI=1S/C35H38N6O3/c1-21-5-2-3-6-25(21)27-7-4-12-40(27)24-15-35(16-24)19-39(20-35)23-8-9-26(32(36)42)28(14-23)41-29-13-22-10-11-37-33(22)38-34(29)44-31-18-43-17-30(31)41/h2-3,5-6,8-11,13-14,24,27,30-31H,4,7,12,15-20H2,1H3,(H2,36,42)(H,37,38)/t27-,30-,31-/m0/s1. The lowest BCUT2D eigenvalue weighted by Crippen LogP contribution is -2.66. The summed E-state index contributed by atoms with van der Waals surface area (Å²) in [5, 5.41) is 0.985. The van der Waals surface area contributed by atoms with E-state index in [0.29, 0.717) is 42.2 Å². The quantitative estimate of drug-likeness (QED) is 0.335. The van der Waals surface area contributed by atoms with Crippen LogP contribution in [-0.4, -0.2) is 71.8 Å². The second-order valence-electron chi connectivity index (χ2n) is 13.6. The van der Waals surface area contributed by atoms with E-state index in [1.165, 1.54) is 43.4 Å². The normalized spacial score (nSPS) is 25.9. The number of aryl methyl sites for hydroxylation is 1. The first-order valence-electron chi connectivity index (χ1n) is 16.0. The van der Waals surface area contributed by atoms with Crippen LogP contribution in [0, 0.1) is 12.3 Å². The third-order valence-corrected chi connectivity index (χ3v) is 10.9. The maximum Gasteiger partial charge on any atom is 0.250 e. The predicted molar refractivity (Wildman–Crippen MR) is 170 cm³/mol. The molecule has 2 aromatic heterocycles. The Bertz CT molecular complexity index is 1770. The van der Waals surface area contributed by atoms with Gasteiger partial charge in [0, 0.05) is 47.9 Å². The fourth-order valence-electron chi connectivity index (χ4n) is 8.74. The molecule has 1 saturated carbocycles. The summed E-state index contributed by atoms with van der Waals surface area (Å²) >= 11 is 0. The number of amides is 1. The molecule has 1 spiro atoms. The van der Waals surface area contributed by atoms with Crippen LogP contribution >= 0.6 is 0 Å². The van der Waals surface area contributed by atoms with Gasteiger partial charge in [0.25, 0.3) is 5.91 Å². The van der Waals surface area contributed by atoms with Gasteiger partial charge in [-0.15, -0.1) is 0 Å². The van der Waals surface area contributed by atoms with Gasteiger partial charge in [0.05, 0.1) is 30.5 Å². The van der Waals surface area contributed by atoms with Crippen LogP contribution in [0.4, 0.5) is 17.1 Å². The number of aromatic nitrogens is 2. The molecule has 3 N–H and O–H groups in total. The number of nitrogens with two attached hydrogens (primary N) is 1. The molecule has 4 aliphatic heterocycles. The molecule has 6 heterocycles. The largest absolute Gasteiger partial charge is 0.468 e. The molecule has 2 aromatic carbocycles. The van der Waals surface area contributed by atoms with Crippen LogP contribution < -0.4 is 20.3 Å². The van der Waals surface area contributed by atoms with Gasteiger partial charge in [0.2, 0.25) is 5.88 Å². The Labute approximate surface area is 256 Å². The summed E-state index contributed by atoms with van der Waals surface area (Å²) in [6, 6.07) is 20.2. The molecular formula is C35H38N6O3. The van der Waals surface area contributed by atoms with E-state index in [1.807, 2.05) is 18.3 Å². The number of primary amides is 1. The van der Waals surface area contributed by atoms with Crippen LogP contribution in [0.25, 0.3) is 11.0 Å². The Hall–Kier alpha value is -4.08. The average Bonchev–Trinajstić information content (AvgIpc) is 3.75. The second-order valence-corrected chi connectivity index (χ2v) is 13.6. The van der Waals surface area contributed by atoms with Crippen LogP contribution in [-0.2, 0) is 4.74 Å². The molecule has 9 nitrogen and oxygen atoms in total. The van der Waals surface area contributed by atoms with Crippen molar-refractivity contribution in [3.63, 3.8) is 0 Å². The van der Waals surface area contributed by atoms with E-state index in [-0.39, 0.29) is 12.1 Å². The molecule has 0 unspecified atom stereocenters. The van der Waals surface area contributed by atoms with Crippen LogP contribution in [0.15, 0.2) is 60.8 Å². The first-order chi connectivity index (χ1) is 21.5. The molecule has 0 bridgehead atoms. The summed E-state index contributed by atoms with van der Waals surface area (Å²) in [7, 11) is 0. The number of carbonyl (C=O) groups is 1. The fourth-order valence-corrected chi connectivity index (χ4v) is 8.74. The number of aromatic amines is 1. The van der Waals surface area contributed by atoms with E-state index >= 15 is 0 Å². The summed E-state index contributed by atoms with van der Waals surface area (Å²) in [6.07, 6.45) is 6.76. The Balaban J connectivity index is 0.978. The molecule has 5 aliphatic rings. The van der Waals surface area contributed by atoms with Gasteiger partial charge in [-0.25, -0.2) is 0 Å². The molecular weight excluding hydrogens is 552 g/mol. The van der Waals surface area contributed by atoms with Gasteiger partial charge in [-0.3, -0.25) is 9.69 Å². The van der Waals surface area contributed by atoms with Gasteiger partial charge < -0.3 is 30.0 Å². The monoisotopic (exact) mass is 590 g/mol. The number of rotatable bonds is 5. The number of H-pyrrole nitrogens is 1. The number of ether oxygens (including phenoxy) is 2. The average molecular weight is 591 g/mol. The van der Waals surface area contributed by atoms with Crippen molar-refractivity contribution in [1.29, 1.82) is 0 Å². The highest BCUT2D eigenvalue weighted by molar-refractivity contribution is 6.01. The molecule has 0 radical (unpaired) electrons. The third-order valence-electron chi connectivity index (χ3n) is 10.9. The maximum atomic E-state index is 12.8. The lowest BCUT2D eigenvalue weighted by molar-refractivity contribution is -0.0256. The van der Waals surface area contributed by atoms with E-state index in [9.17, 15) is 4.79 Å². The highest BCUT2D eigenvalue weighted by Crippen LogP contribution is 2.54. The van der Waals surface area contributed by atoms with Gasteiger partial charge >= 0.3 is 0 Å². The lowest BCUT2D eigenvalue weighted by atomic mass is 9.60. The number of benzene rings is 2. The van der Waals surface area contributed by atoms with Crippen molar-refractivity contribution in [2.24, 2.45) is 11.1 Å². The number of hydrogen-bond acceptors (Lipinski definition) is 7.